The van der Waals surface area contributed by atoms with Crippen LogP contribution in [0.1, 0.15) is 42.9 Å². The van der Waals surface area contributed by atoms with Crippen LogP contribution in [0.3, 0.4) is 0 Å². The molecule has 0 spiro atoms. The summed E-state index contributed by atoms with van der Waals surface area (Å²) in [5.41, 5.74) is 6.20. The first-order valence-corrected chi connectivity index (χ1v) is 10.5. The van der Waals surface area contributed by atoms with Crippen LogP contribution in [0.25, 0.3) is 11.1 Å². The molecule has 0 radical (unpaired) electrons. The molecule has 2 aromatic carbocycles. The van der Waals surface area contributed by atoms with E-state index in [9.17, 15) is 5.11 Å². The minimum absolute atomic E-state index is 0.0370. The fourth-order valence-corrected chi connectivity index (χ4v) is 3.88. The van der Waals surface area contributed by atoms with Crippen molar-refractivity contribution in [2.24, 2.45) is 4.99 Å². The van der Waals surface area contributed by atoms with Crippen LogP contribution in [-0.4, -0.2) is 17.5 Å². The van der Waals surface area contributed by atoms with Crippen LogP contribution in [0, 0.1) is 0 Å². The Balaban J connectivity index is 0.00000109. The fourth-order valence-electron chi connectivity index (χ4n) is 2.93. The van der Waals surface area contributed by atoms with Gasteiger partial charge in [-0.15, -0.1) is 11.3 Å². The highest BCUT2D eigenvalue weighted by Gasteiger charge is 2.25. The second-order valence-electron chi connectivity index (χ2n) is 6.23. The predicted octanol–water partition coefficient (Wildman–Crippen LogP) is 5.54. The molecule has 0 bridgehead atoms. The van der Waals surface area contributed by atoms with Gasteiger partial charge in [0, 0.05) is 11.3 Å². The standard InChI is InChI=1S/C21H20N2O2S.C2H6/c24-18(16-9-5-2-6-10-16)13-22-21-12-19(25-23-21)20-11-17(14-26-20)15-7-3-1-4-8-15;1-2/h1-11,14,18-19,24H,12-13H2,(H,22,23);1-2H3. The summed E-state index contributed by atoms with van der Waals surface area (Å²) in [6.07, 6.45) is 0.0528. The van der Waals surface area contributed by atoms with Crippen molar-refractivity contribution in [3.8, 4) is 11.1 Å². The van der Waals surface area contributed by atoms with Crippen LogP contribution < -0.4 is 5.48 Å². The van der Waals surface area contributed by atoms with Crippen molar-refractivity contribution in [2.45, 2.75) is 32.5 Å². The van der Waals surface area contributed by atoms with E-state index in [1.54, 1.807) is 11.3 Å². The number of hydroxylamine groups is 1. The van der Waals surface area contributed by atoms with Gasteiger partial charge in [0.2, 0.25) is 0 Å². The third-order valence-corrected chi connectivity index (χ3v) is 5.41. The zero-order valence-corrected chi connectivity index (χ0v) is 17.0. The molecule has 4 nitrogen and oxygen atoms in total. The minimum Gasteiger partial charge on any atom is -0.386 e. The molecule has 1 saturated heterocycles. The van der Waals surface area contributed by atoms with Gasteiger partial charge in [-0.1, -0.05) is 74.5 Å². The quantitative estimate of drug-likeness (QED) is 0.597. The van der Waals surface area contributed by atoms with Crippen LogP contribution in [-0.2, 0) is 4.84 Å². The van der Waals surface area contributed by atoms with E-state index < -0.39 is 6.10 Å². The van der Waals surface area contributed by atoms with Gasteiger partial charge in [-0.3, -0.25) is 15.3 Å². The molecular formula is C23H26N2O2S. The van der Waals surface area contributed by atoms with Crippen LogP contribution >= 0.6 is 11.3 Å². The first-order valence-electron chi connectivity index (χ1n) is 9.61. The molecule has 0 amide bonds. The maximum absolute atomic E-state index is 10.2. The number of benzene rings is 2. The molecule has 1 aliphatic heterocycles. The molecule has 146 valence electrons. The highest BCUT2D eigenvalue weighted by Crippen LogP contribution is 2.34. The van der Waals surface area contributed by atoms with Gasteiger partial charge in [-0.2, -0.15) is 0 Å². The predicted molar refractivity (Wildman–Crippen MR) is 116 cm³/mol. The molecule has 1 aliphatic rings. The lowest BCUT2D eigenvalue weighted by atomic mass is 10.1. The van der Waals surface area contributed by atoms with Gasteiger partial charge in [0.1, 0.15) is 11.9 Å². The van der Waals surface area contributed by atoms with Crippen molar-refractivity contribution in [1.29, 1.82) is 0 Å². The zero-order chi connectivity index (χ0) is 19.8. The van der Waals surface area contributed by atoms with Crippen molar-refractivity contribution in [1.82, 2.24) is 5.48 Å². The summed E-state index contributed by atoms with van der Waals surface area (Å²) >= 11 is 1.70. The third-order valence-electron chi connectivity index (χ3n) is 4.38. The number of rotatable bonds is 5. The smallest absolute Gasteiger partial charge is 0.127 e. The molecule has 0 aliphatic carbocycles. The molecule has 1 aromatic heterocycles. The number of nitrogens with zero attached hydrogens (tertiary/aromatic N) is 1. The zero-order valence-electron chi connectivity index (χ0n) is 16.2. The van der Waals surface area contributed by atoms with Crippen molar-refractivity contribution in [2.75, 3.05) is 6.54 Å². The van der Waals surface area contributed by atoms with Crippen molar-refractivity contribution < 1.29 is 9.94 Å². The lowest BCUT2D eigenvalue weighted by molar-refractivity contribution is 0.0470. The Morgan fingerprint density at radius 3 is 2.46 bits per heavy atom. The third kappa shape index (κ3) is 5.07. The molecule has 4 rings (SSSR count). The lowest BCUT2D eigenvalue weighted by Crippen LogP contribution is -2.14. The Hall–Kier alpha value is -2.47. The Morgan fingerprint density at radius 2 is 1.75 bits per heavy atom. The van der Waals surface area contributed by atoms with Crippen molar-refractivity contribution in [3.63, 3.8) is 0 Å². The molecular weight excluding hydrogens is 368 g/mol. The van der Waals surface area contributed by atoms with Gasteiger partial charge in [0.25, 0.3) is 0 Å². The van der Waals surface area contributed by atoms with E-state index in [0.29, 0.717) is 13.0 Å². The molecule has 28 heavy (non-hydrogen) atoms. The van der Waals surface area contributed by atoms with Gasteiger partial charge >= 0.3 is 0 Å². The molecule has 2 N–H and O–H groups in total. The Morgan fingerprint density at radius 1 is 1.07 bits per heavy atom. The molecule has 2 unspecified atom stereocenters. The normalized spacial score (nSPS) is 18.2. The van der Waals surface area contributed by atoms with E-state index in [2.05, 4.69) is 34.1 Å². The maximum atomic E-state index is 10.2. The summed E-state index contributed by atoms with van der Waals surface area (Å²) in [7, 11) is 0. The average Bonchev–Trinajstić information content (AvgIpc) is 3.44. The second kappa shape index (κ2) is 10.2. The molecule has 2 heterocycles. The fraction of sp³-hybridized carbons (Fsp3) is 0.261. The molecule has 2 atom stereocenters. The summed E-state index contributed by atoms with van der Waals surface area (Å²) in [6.45, 7) is 4.32. The number of hydrogen-bond acceptors (Lipinski definition) is 4. The Labute approximate surface area is 170 Å². The molecule has 1 fully saturated rings. The number of aliphatic hydroxyl groups is 1. The highest BCUT2D eigenvalue weighted by molar-refractivity contribution is 7.10. The van der Waals surface area contributed by atoms with E-state index in [1.165, 1.54) is 16.0 Å². The van der Waals surface area contributed by atoms with Crippen LogP contribution in [0.5, 0.6) is 0 Å². The van der Waals surface area contributed by atoms with Crippen LogP contribution in [0.2, 0.25) is 0 Å². The SMILES string of the molecule is CC.OC(CN=C1CC(c2cc(-c3ccccc3)cs2)ON1)c1ccccc1. The monoisotopic (exact) mass is 394 g/mol. The second-order valence-corrected chi connectivity index (χ2v) is 7.17. The van der Waals surface area contributed by atoms with E-state index >= 15 is 0 Å². The number of thiophene rings is 1. The molecule has 0 saturated carbocycles. The van der Waals surface area contributed by atoms with Gasteiger partial charge in [-0.25, -0.2) is 0 Å². The number of aliphatic hydroxyl groups excluding tert-OH is 1. The Bertz CT molecular complexity index is 878. The lowest BCUT2D eigenvalue weighted by Gasteiger charge is -2.07. The largest absolute Gasteiger partial charge is 0.386 e. The topological polar surface area (TPSA) is 53.9 Å². The average molecular weight is 395 g/mol. The van der Waals surface area contributed by atoms with E-state index in [4.69, 9.17) is 4.84 Å². The van der Waals surface area contributed by atoms with Gasteiger partial charge in [0.15, 0.2) is 0 Å². The highest BCUT2D eigenvalue weighted by atomic mass is 32.1. The first-order chi connectivity index (χ1) is 13.8. The number of amidine groups is 1. The van der Waals surface area contributed by atoms with Crippen molar-refractivity contribution >= 4 is 17.2 Å². The van der Waals surface area contributed by atoms with Crippen molar-refractivity contribution in [3.05, 3.63) is 82.6 Å². The summed E-state index contributed by atoms with van der Waals surface area (Å²) < 4.78 is 0. The van der Waals surface area contributed by atoms with E-state index in [-0.39, 0.29) is 6.10 Å². The van der Waals surface area contributed by atoms with E-state index in [1.807, 2.05) is 62.4 Å². The molecule has 3 aromatic rings. The number of hydrogen-bond donors (Lipinski definition) is 2. The van der Waals surface area contributed by atoms with Gasteiger partial charge in [-0.05, 0) is 28.1 Å². The molecule has 5 heteroatoms. The maximum Gasteiger partial charge on any atom is 0.127 e. The Kier molecular flexibility index (Phi) is 7.37. The first kappa shape index (κ1) is 20.3. The summed E-state index contributed by atoms with van der Waals surface area (Å²) in [5, 5.41) is 12.4. The number of aliphatic imine (C=N–C) groups is 1. The summed E-state index contributed by atoms with van der Waals surface area (Å²) in [5.74, 6) is 0.777. The van der Waals surface area contributed by atoms with Gasteiger partial charge < -0.3 is 5.11 Å². The number of nitrogens with one attached hydrogen (secondary N) is 1. The van der Waals surface area contributed by atoms with Crippen LogP contribution in [0.15, 0.2) is 77.1 Å². The van der Waals surface area contributed by atoms with E-state index in [0.717, 1.165) is 11.4 Å². The summed E-state index contributed by atoms with van der Waals surface area (Å²) in [6, 6.07) is 22.1. The van der Waals surface area contributed by atoms with Crippen LogP contribution in [0.4, 0.5) is 0 Å². The minimum atomic E-state index is -0.601. The summed E-state index contributed by atoms with van der Waals surface area (Å²) in [4.78, 5) is 11.3. The van der Waals surface area contributed by atoms with Gasteiger partial charge in [0.05, 0.1) is 12.6 Å².